The van der Waals surface area contributed by atoms with Crippen molar-refractivity contribution in [3.05, 3.63) is 35.0 Å². The second-order valence-corrected chi connectivity index (χ2v) is 3.68. The van der Waals surface area contributed by atoms with Crippen LogP contribution in [0.25, 0.3) is 10.9 Å². The maximum Gasteiger partial charge on any atom is 0.0683 e. The fourth-order valence-corrected chi connectivity index (χ4v) is 1.60. The number of hydrogen-bond donors (Lipinski definition) is 3. The van der Waals surface area contributed by atoms with E-state index in [-0.39, 0.29) is 12.6 Å². The number of aliphatic hydroxyl groups is 1. The molecule has 0 aliphatic rings. The summed E-state index contributed by atoms with van der Waals surface area (Å²) in [4.78, 5) is 3.13. The highest BCUT2D eigenvalue weighted by Gasteiger charge is 2.07. The molecule has 0 aliphatic carbocycles. The van der Waals surface area contributed by atoms with E-state index in [2.05, 4.69) is 4.98 Å². The first-order chi connectivity index (χ1) is 6.70. The van der Waals surface area contributed by atoms with E-state index < -0.39 is 0 Å². The molecule has 1 aromatic heterocycles. The van der Waals surface area contributed by atoms with E-state index in [4.69, 9.17) is 22.4 Å². The normalized spacial score (nSPS) is 13.4. The van der Waals surface area contributed by atoms with Crippen molar-refractivity contribution in [3.63, 3.8) is 0 Å². The van der Waals surface area contributed by atoms with Gasteiger partial charge in [0.25, 0.3) is 0 Å². The van der Waals surface area contributed by atoms with E-state index in [0.29, 0.717) is 5.02 Å². The molecule has 3 nitrogen and oxygen atoms in total. The molecule has 2 aromatic rings. The van der Waals surface area contributed by atoms with Gasteiger partial charge in [0.1, 0.15) is 0 Å². The summed E-state index contributed by atoms with van der Waals surface area (Å²) in [6.45, 7) is -0.0689. The van der Waals surface area contributed by atoms with Crippen molar-refractivity contribution in [2.24, 2.45) is 5.73 Å². The molecule has 0 amide bonds. The number of hydrogen-bond acceptors (Lipinski definition) is 2. The van der Waals surface area contributed by atoms with E-state index >= 15 is 0 Å². The van der Waals surface area contributed by atoms with Crippen LogP contribution in [0.2, 0.25) is 5.02 Å². The number of aromatic amines is 1. The summed E-state index contributed by atoms with van der Waals surface area (Å²) >= 11 is 5.85. The summed E-state index contributed by atoms with van der Waals surface area (Å²) in [5.74, 6) is 0. The van der Waals surface area contributed by atoms with Crippen LogP contribution >= 0.6 is 11.6 Å². The van der Waals surface area contributed by atoms with Gasteiger partial charge in [-0.3, -0.25) is 0 Å². The fourth-order valence-electron chi connectivity index (χ4n) is 1.42. The first-order valence-corrected chi connectivity index (χ1v) is 4.73. The van der Waals surface area contributed by atoms with E-state index in [9.17, 15) is 0 Å². The number of rotatable bonds is 2. The van der Waals surface area contributed by atoms with E-state index in [1.807, 2.05) is 24.3 Å². The van der Waals surface area contributed by atoms with Crippen molar-refractivity contribution >= 4 is 22.5 Å². The second kappa shape index (κ2) is 3.61. The van der Waals surface area contributed by atoms with Gasteiger partial charge in [-0.1, -0.05) is 11.6 Å². The molecule has 0 aliphatic heterocycles. The van der Waals surface area contributed by atoms with Crippen molar-refractivity contribution in [1.29, 1.82) is 0 Å². The Morgan fingerprint density at radius 1 is 1.43 bits per heavy atom. The standard InChI is InChI=1S/C10H11ClN2O/c11-7-1-2-9-6(3-7)4-10(13-9)8(12)5-14/h1-4,8,13-14H,5,12H2/t8-/m1/s1. The number of fused-ring (bicyclic) bond motifs is 1. The van der Waals surface area contributed by atoms with Gasteiger partial charge in [0.2, 0.25) is 0 Å². The molecule has 0 bridgehead atoms. The first-order valence-electron chi connectivity index (χ1n) is 4.35. The molecule has 0 fully saturated rings. The average Bonchev–Trinajstić information content (AvgIpc) is 2.59. The van der Waals surface area contributed by atoms with Crippen LogP contribution in [0.3, 0.4) is 0 Å². The first kappa shape index (κ1) is 9.52. The Hall–Kier alpha value is -1.03. The van der Waals surface area contributed by atoms with Gasteiger partial charge in [-0.25, -0.2) is 0 Å². The molecule has 0 radical (unpaired) electrons. The Bertz CT molecular complexity index is 452. The number of H-pyrrole nitrogens is 1. The zero-order valence-corrected chi connectivity index (χ0v) is 8.25. The Balaban J connectivity index is 2.51. The highest BCUT2D eigenvalue weighted by molar-refractivity contribution is 6.31. The molecule has 74 valence electrons. The summed E-state index contributed by atoms with van der Waals surface area (Å²) in [5.41, 5.74) is 7.49. The van der Waals surface area contributed by atoms with E-state index in [1.54, 1.807) is 0 Å². The van der Waals surface area contributed by atoms with Crippen LogP contribution in [0.1, 0.15) is 11.7 Å². The molecule has 1 heterocycles. The smallest absolute Gasteiger partial charge is 0.0683 e. The summed E-state index contributed by atoms with van der Waals surface area (Å²) in [5, 5.41) is 10.6. The number of nitrogens with one attached hydrogen (secondary N) is 1. The summed E-state index contributed by atoms with van der Waals surface area (Å²) in [6, 6.07) is 7.12. The summed E-state index contributed by atoms with van der Waals surface area (Å²) in [6.07, 6.45) is 0. The molecule has 4 heteroatoms. The molecule has 1 aromatic carbocycles. The molecule has 2 rings (SSSR count). The van der Waals surface area contributed by atoms with Crippen molar-refractivity contribution in [1.82, 2.24) is 4.98 Å². The van der Waals surface area contributed by atoms with Gasteiger partial charge in [0.05, 0.1) is 12.6 Å². The SMILES string of the molecule is N[C@H](CO)c1cc2cc(Cl)ccc2[nH]1. The van der Waals surface area contributed by atoms with Crippen LogP contribution in [0.15, 0.2) is 24.3 Å². The Morgan fingerprint density at radius 2 is 2.21 bits per heavy atom. The summed E-state index contributed by atoms with van der Waals surface area (Å²) in [7, 11) is 0. The minimum absolute atomic E-state index is 0.0689. The Morgan fingerprint density at radius 3 is 2.93 bits per heavy atom. The number of benzene rings is 1. The molecule has 0 saturated heterocycles. The lowest BCUT2D eigenvalue weighted by Gasteiger charge is -2.03. The van der Waals surface area contributed by atoms with E-state index in [1.165, 1.54) is 0 Å². The van der Waals surface area contributed by atoms with Crippen LogP contribution in [-0.2, 0) is 0 Å². The molecule has 1 atom stereocenters. The van der Waals surface area contributed by atoms with Crippen molar-refractivity contribution < 1.29 is 5.11 Å². The highest BCUT2D eigenvalue weighted by Crippen LogP contribution is 2.22. The van der Waals surface area contributed by atoms with Crippen LogP contribution in [-0.4, -0.2) is 16.7 Å². The molecule has 14 heavy (non-hydrogen) atoms. The lowest BCUT2D eigenvalue weighted by molar-refractivity contribution is 0.266. The number of halogens is 1. The maximum atomic E-state index is 8.90. The third-order valence-corrected chi connectivity index (χ3v) is 2.43. The van der Waals surface area contributed by atoms with Gasteiger partial charge in [0, 0.05) is 21.6 Å². The van der Waals surface area contributed by atoms with Crippen molar-refractivity contribution in [2.45, 2.75) is 6.04 Å². The predicted molar refractivity (Wildman–Crippen MR) is 57.3 cm³/mol. The molecular weight excluding hydrogens is 200 g/mol. The predicted octanol–water partition coefficient (Wildman–Crippen LogP) is 1.81. The zero-order chi connectivity index (χ0) is 10.1. The minimum Gasteiger partial charge on any atom is -0.394 e. The van der Waals surface area contributed by atoms with Gasteiger partial charge >= 0.3 is 0 Å². The number of nitrogens with two attached hydrogens (primary N) is 1. The maximum absolute atomic E-state index is 8.90. The largest absolute Gasteiger partial charge is 0.394 e. The minimum atomic E-state index is -0.360. The van der Waals surface area contributed by atoms with Gasteiger partial charge in [-0.2, -0.15) is 0 Å². The second-order valence-electron chi connectivity index (χ2n) is 3.25. The Kier molecular flexibility index (Phi) is 2.46. The fraction of sp³-hybridized carbons (Fsp3) is 0.200. The third kappa shape index (κ3) is 1.62. The summed E-state index contributed by atoms with van der Waals surface area (Å²) < 4.78 is 0. The van der Waals surface area contributed by atoms with Crippen LogP contribution in [0, 0.1) is 0 Å². The van der Waals surface area contributed by atoms with Gasteiger partial charge in [-0.05, 0) is 24.3 Å². The van der Waals surface area contributed by atoms with Gasteiger partial charge in [-0.15, -0.1) is 0 Å². The number of aromatic nitrogens is 1. The van der Waals surface area contributed by atoms with Crippen LogP contribution in [0.4, 0.5) is 0 Å². The van der Waals surface area contributed by atoms with Crippen molar-refractivity contribution in [2.75, 3.05) is 6.61 Å². The van der Waals surface area contributed by atoms with Gasteiger partial charge in [0.15, 0.2) is 0 Å². The molecule has 0 spiro atoms. The Labute approximate surface area is 86.5 Å². The van der Waals surface area contributed by atoms with Crippen LogP contribution < -0.4 is 5.73 Å². The lowest BCUT2D eigenvalue weighted by Crippen LogP contribution is -2.14. The molecular formula is C10H11ClN2O. The van der Waals surface area contributed by atoms with Gasteiger partial charge < -0.3 is 15.8 Å². The topological polar surface area (TPSA) is 62.0 Å². The average molecular weight is 211 g/mol. The lowest BCUT2D eigenvalue weighted by atomic mass is 10.2. The molecule has 4 N–H and O–H groups in total. The molecule has 0 saturated carbocycles. The highest BCUT2D eigenvalue weighted by atomic mass is 35.5. The molecule has 0 unspecified atom stereocenters. The zero-order valence-electron chi connectivity index (χ0n) is 7.50. The third-order valence-electron chi connectivity index (χ3n) is 2.20. The quantitative estimate of drug-likeness (QED) is 0.708. The monoisotopic (exact) mass is 210 g/mol. The van der Waals surface area contributed by atoms with E-state index in [0.717, 1.165) is 16.6 Å². The van der Waals surface area contributed by atoms with Crippen molar-refractivity contribution in [3.8, 4) is 0 Å². The number of aliphatic hydroxyl groups excluding tert-OH is 1. The van der Waals surface area contributed by atoms with Crippen LogP contribution in [0.5, 0.6) is 0 Å².